The summed E-state index contributed by atoms with van der Waals surface area (Å²) < 4.78 is 5.40. The number of aromatic hydroxyl groups is 1. The first-order valence-electron chi connectivity index (χ1n) is 7.54. The maximum atomic E-state index is 12.4. The van der Waals surface area contributed by atoms with Crippen LogP contribution in [0.5, 0.6) is 5.75 Å². The van der Waals surface area contributed by atoms with Crippen molar-refractivity contribution in [3.8, 4) is 5.75 Å². The predicted octanol–water partition coefficient (Wildman–Crippen LogP) is 4.76. The van der Waals surface area contributed by atoms with Crippen molar-refractivity contribution in [2.45, 2.75) is 24.2 Å². The van der Waals surface area contributed by atoms with Crippen LogP contribution in [0.4, 0.5) is 0 Å². The van der Waals surface area contributed by atoms with Crippen molar-refractivity contribution in [3.05, 3.63) is 70.1 Å². The third kappa shape index (κ3) is 2.86. The quantitative estimate of drug-likeness (QED) is 0.554. The molecule has 3 rings (SSSR count). The fraction of sp³-hybridized carbons (Fsp3) is 0.211. The van der Waals surface area contributed by atoms with Gasteiger partial charge in [-0.2, -0.15) is 0 Å². The average Bonchev–Trinajstić information content (AvgIpc) is 2.59. The van der Waals surface area contributed by atoms with E-state index in [0.717, 1.165) is 5.56 Å². The number of hydrogen-bond acceptors (Lipinski definition) is 4. The SMILES string of the molecule is CCC(c1ccc(SC)cc1)c1c(O)c2ccccc2oc1=O. The van der Waals surface area contributed by atoms with Gasteiger partial charge in [-0.15, -0.1) is 11.8 Å². The van der Waals surface area contributed by atoms with Crippen LogP contribution in [0.2, 0.25) is 0 Å². The molecule has 2 aromatic carbocycles. The summed E-state index contributed by atoms with van der Waals surface area (Å²) in [7, 11) is 0. The van der Waals surface area contributed by atoms with Gasteiger partial charge in [-0.25, -0.2) is 4.79 Å². The van der Waals surface area contributed by atoms with Gasteiger partial charge in [-0.05, 0) is 42.5 Å². The number of thioether (sulfide) groups is 1. The molecule has 3 aromatic rings. The van der Waals surface area contributed by atoms with Gasteiger partial charge in [0.25, 0.3) is 0 Å². The van der Waals surface area contributed by atoms with Crippen molar-refractivity contribution < 1.29 is 9.52 Å². The Balaban J connectivity index is 2.17. The highest BCUT2D eigenvalue weighted by atomic mass is 32.2. The lowest BCUT2D eigenvalue weighted by Gasteiger charge is -2.17. The monoisotopic (exact) mass is 326 g/mol. The van der Waals surface area contributed by atoms with E-state index in [1.807, 2.05) is 43.5 Å². The Morgan fingerprint density at radius 1 is 1.13 bits per heavy atom. The molecule has 1 unspecified atom stereocenters. The second kappa shape index (κ2) is 6.50. The molecule has 23 heavy (non-hydrogen) atoms. The fourth-order valence-corrected chi connectivity index (χ4v) is 3.31. The summed E-state index contributed by atoms with van der Waals surface area (Å²) in [5.41, 5.74) is 1.28. The molecule has 0 fully saturated rings. The van der Waals surface area contributed by atoms with Crippen molar-refractivity contribution in [2.75, 3.05) is 6.26 Å². The van der Waals surface area contributed by atoms with Crippen LogP contribution in [0.1, 0.15) is 30.4 Å². The third-order valence-electron chi connectivity index (χ3n) is 4.09. The van der Waals surface area contributed by atoms with Gasteiger partial charge in [-0.3, -0.25) is 0 Å². The topological polar surface area (TPSA) is 50.4 Å². The van der Waals surface area contributed by atoms with Crippen LogP contribution in [0.15, 0.2) is 62.6 Å². The van der Waals surface area contributed by atoms with Crippen LogP contribution in [0.25, 0.3) is 11.0 Å². The molecular weight excluding hydrogens is 308 g/mol. The van der Waals surface area contributed by atoms with Gasteiger partial charge in [0, 0.05) is 10.8 Å². The molecular formula is C19H18O3S. The Hall–Kier alpha value is -2.20. The zero-order valence-corrected chi connectivity index (χ0v) is 13.9. The molecule has 1 atom stereocenters. The highest BCUT2D eigenvalue weighted by molar-refractivity contribution is 7.98. The van der Waals surface area contributed by atoms with Gasteiger partial charge < -0.3 is 9.52 Å². The van der Waals surface area contributed by atoms with Crippen molar-refractivity contribution in [1.29, 1.82) is 0 Å². The minimum Gasteiger partial charge on any atom is -0.507 e. The first-order valence-corrected chi connectivity index (χ1v) is 8.76. The highest BCUT2D eigenvalue weighted by Gasteiger charge is 2.23. The smallest absolute Gasteiger partial charge is 0.343 e. The lowest BCUT2D eigenvalue weighted by Crippen LogP contribution is -2.13. The van der Waals surface area contributed by atoms with E-state index in [4.69, 9.17) is 4.42 Å². The van der Waals surface area contributed by atoms with Crippen molar-refractivity contribution in [2.24, 2.45) is 0 Å². The zero-order chi connectivity index (χ0) is 16.4. The molecule has 0 aliphatic rings. The average molecular weight is 326 g/mol. The first kappa shape index (κ1) is 15.7. The second-order valence-electron chi connectivity index (χ2n) is 5.38. The largest absolute Gasteiger partial charge is 0.507 e. The summed E-state index contributed by atoms with van der Waals surface area (Å²) >= 11 is 1.67. The van der Waals surface area contributed by atoms with Crippen molar-refractivity contribution >= 4 is 22.7 Å². The zero-order valence-electron chi connectivity index (χ0n) is 13.1. The van der Waals surface area contributed by atoms with Crippen molar-refractivity contribution in [3.63, 3.8) is 0 Å². The van der Waals surface area contributed by atoms with Gasteiger partial charge >= 0.3 is 5.63 Å². The third-order valence-corrected chi connectivity index (χ3v) is 4.84. The Bertz CT molecular complexity index is 881. The number of fused-ring (bicyclic) bond motifs is 1. The first-order chi connectivity index (χ1) is 11.2. The molecule has 0 aliphatic carbocycles. The van der Waals surface area contributed by atoms with E-state index in [0.29, 0.717) is 23.0 Å². The highest BCUT2D eigenvalue weighted by Crippen LogP contribution is 2.36. The minimum absolute atomic E-state index is 0.0256. The Labute approximate surface area is 139 Å². The van der Waals surface area contributed by atoms with Crippen LogP contribution < -0.4 is 5.63 Å². The van der Waals surface area contributed by atoms with Gasteiger partial charge in [0.1, 0.15) is 11.3 Å². The standard InChI is InChI=1S/C19H18O3S/c1-3-14(12-8-10-13(23-2)11-9-12)17-18(20)15-6-4-5-7-16(15)22-19(17)21/h4-11,14,20H,3H2,1-2H3. The summed E-state index contributed by atoms with van der Waals surface area (Å²) in [5.74, 6) is -0.163. The number of para-hydroxylation sites is 1. The summed E-state index contributed by atoms with van der Waals surface area (Å²) in [5, 5.41) is 11.2. The molecule has 0 aliphatic heterocycles. The molecule has 0 radical (unpaired) electrons. The predicted molar refractivity (Wildman–Crippen MR) is 94.5 cm³/mol. The molecule has 0 saturated heterocycles. The fourth-order valence-electron chi connectivity index (χ4n) is 2.90. The van der Waals surface area contributed by atoms with Crippen LogP contribution in [-0.4, -0.2) is 11.4 Å². The molecule has 0 bridgehead atoms. The summed E-state index contributed by atoms with van der Waals surface area (Å²) in [6.45, 7) is 2.00. The molecule has 118 valence electrons. The van der Waals surface area contributed by atoms with Crippen LogP contribution >= 0.6 is 11.8 Å². The normalized spacial score (nSPS) is 12.4. The maximum absolute atomic E-state index is 12.4. The lowest BCUT2D eigenvalue weighted by atomic mass is 9.89. The van der Waals surface area contributed by atoms with Gasteiger partial charge in [0.15, 0.2) is 0 Å². The molecule has 1 heterocycles. The lowest BCUT2D eigenvalue weighted by molar-refractivity contribution is 0.450. The van der Waals surface area contributed by atoms with Gasteiger partial charge in [0.05, 0.1) is 10.9 Å². The van der Waals surface area contributed by atoms with E-state index in [2.05, 4.69) is 0 Å². The minimum atomic E-state index is -0.470. The van der Waals surface area contributed by atoms with Crippen LogP contribution in [0.3, 0.4) is 0 Å². The molecule has 3 nitrogen and oxygen atoms in total. The second-order valence-corrected chi connectivity index (χ2v) is 6.26. The summed E-state index contributed by atoms with van der Waals surface area (Å²) in [6.07, 6.45) is 2.73. The maximum Gasteiger partial charge on any atom is 0.343 e. The van der Waals surface area contributed by atoms with E-state index in [-0.39, 0.29) is 11.7 Å². The van der Waals surface area contributed by atoms with E-state index in [9.17, 15) is 9.90 Å². The van der Waals surface area contributed by atoms with Crippen LogP contribution in [-0.2, 0) is 0 Å². The summed E-state index contributed by atoms with van der Waals surface area (Å²) in [6, 6.07) is 15.1. The van der Waals surface area contributed by atoms with Gasteiger partial charge in [0.2, 0.25) is 0 Å². The molecule has 1 N–H and O–H groups in total. The molecule has 0 saturated carbocycles. The van der Waals surface area contributed by atoms with E-state index < -0.39 is 5.63 Å². The number of rotatable bonds is 4. The van der Waals surface area contributed by atoms with Gasteiger partial charge in [-0.1, -0.05) is 31.2 Å². The van der Waals surface area contributed by atoms with E-state index >= 15 is 0 Å². The number of benzene rings is 2. The Kier molecular flexibility index (Phi) is 4.44. The molecule has 0 amide bonds. The molecule has 0 spiro atoms. The van der Waals surface area contributed by atoms with Crippen molar-refractivity contribution in [1.82, 2.24) is 0 Å². The van der Waals surface area contributed by atoms with E-state index in [1.54, 1.807) is 30.0 Å². The number of hydrogen-bond donors (Lipinski definition) is 1. The Morgan fingerprint density at radius 3 is 2.48 bits per heavy atom. The van der Waals surface area contributed by atoms with E-state index in [1.165, 1.54) is 4.90 Å². The molecule has 4 heteroatoms. The molecule has 1 aromatic heterocycles. The van der Waals surface area contributed by atoms with Crippen LogP contribution in [0, 0.1) is 0 Å². The Morgan fingerprint density at radius 2 is 1.83 bits per heavy atom. The summed E-state index contributed by atoms with van der Waals surface area (Å²) in [4.78, 5) is 13.6.